The van der Waals surface area contributed by atoms with Gasteiger partial charge >= 0.3 is 0 Å². The Labute approximate surface area is 121 Å². The van der Waals surface area contributed by atoms with Gasteiger partial charge in [-0.2, -0.15) is 0 Å². The van der Waals surface area contributed by atoms with Crippen LogP contribution in [0.25, 0.3) is 10.8 Å². The number of aryl methyl sites for hydroxylation is 1. The lowest BCUT2D eigenvalue weighted by Gasteiger charge is -2.29. The van der Waals surface area contributed by atoms with Crippen molar-refractivity contribution in [2.24, 2.45) is 0 Å². The van der Waals surface area contributed by atoms with Gasteiger partial charge in [0.15, 0.2) is 10.8 Å². The molecule has 0 spiro atoms. The maximum Gasteiger partial charge on any atom is 0.271 e. The van der Waals surface area contributed by atoms with Crippen molar-refractivity contribution < 1.29 is 14.3 Å². The van der Waals surface area contributed by atoms with Gasteiger partial charge in [-0.15, -0.1) is 11.3 Å². The fourth-order valence-electron chi connectivity index (χ4n) is 1.57. The number of rotatable bonds is 4. The first kappa shape index (κ1) is 14.7. The summed E-state index contributed by atoms with van der Waals surface area (Å²) in [6, 6.07) is 3.59. The number of hydrogen-bond donors (Lipinski definition) is 2. The Morgan fingerprint density at radius 1 is 1.55 bits per heavy atom. The molecule has 5 nitrogen and oxygen atoms in total. The molecule has 2 heterocycles. The van der Waals surface area contributed by atoms with E-state index in [-0.39, 0.29) is 5.91 Å². The normalized spacial score (nSPS) is 13.2. The van der Waals surface area contributed by atoms with Gasteiger partial charge in [0.2, 0.25) is 0 Å². The highest BCUT2D eigenvalue weighted by atomic mass is 32.1. The van der Waals surface area contributed by atoms with Gasteiger partial charge in [0.25, 0.3) is 5.91 Å². The minimum atomic E-state index is -0.710. The molecule has 6 heteroatoms. The number of aliphatic hydroxyl groups is 1. The molecule has 0 aliphatic carbocycles. The fourth-order valence-corrected chi connectivity index (χ4v) is 2.45. The second-order valence-electron chi connectivity index (χ2n) is 5.25. The third kappa shape index (κ3) is 2.91. The van der Waals surface area contributed by atoms with E-state index < -0.39 is 11.6 Å². The minimum Gasteiger partial charge on any atom is -0.462 e. The smallest absolute Gasteiger partial charge is 0.271 e. The summed E-state index contributed by atoms with van der Waals surface area (Å²) in [7, 11) is 0. The average Bonchev–Trinajstić information content (AvgIpc) is 2.96. The van der Waals surface area contributed by atoms with Crippen LogP contribution in [-0.4, -0.2) is 27.6 Å². The number of nitrogens with one attached hydrogen (secondary N) is 1. The molecule has 0 fully saturated rings. The summed E-state index contributed by atoms with van der Waals surface area (Å²) < 4.78 is 5.28. The molecule has 0 aliphatic heterocycles. The van der Waals surface area contributed by atoms with Gasteiger partial charge in [0.05, 0.1) is 17.9 Å². The van der Waals surface area contributed by atoms with Crippen LogP contribution in [0.2, 0.25) is 0 Å². The van der Waals surface area contributed by atoms with Crippen molar-refractivity contribution in [1.29, 1.82) is 0 Å². The van der Waals surface area contributed by atoms with Crippen molar-refractivity contribution in [2.45, 2.75) is 39.3 Å². The maximum absolute atomic E-state index is 12.3. The Morgan fingerprint density at radius 3 is 2.80 bits per heavy atom. The predicted octanol–water partition coefficient (Wildman–Crippen LogP) is 2.60. The zero-order chi connectivity index (χ0) is 14.9. The molecule has 1 amide bonds. The number of aliphatic hydroxyl groups excluding tert-OH is 1. The highest BCUT2D eigenvalue weighted by Gasteiger charge is 2.28. The Hall–Kier alpha value is -1.66. The van der Waals surface area contributed by atoms with Crippen molar-refractivity contribution in [3.63, 3.8) is 0 Å². The molecule has 20 heavy (non-hydrogen) atoms. The van der Waals surface area contributed by atoms with Crippen LogP contribution < -0.4 is 5.32 Å². The van der Waals surface area contributed by atoms with Gasteiger partial charge < -0.3 is 14.8 Å². The van der Waals surface area contributed by atoms with E-state index in [1.807, 2.05) is 6.92 Å². The number of nitrogens with zero attached hydrogens (tertiary/aromatic N) is 1. The van der Waals surface area contributed by atoms with E-state index in [9.17, 15) is 9.90 Å². The summed E-state index contributed by atoms with van der Waals surface area (Å²) in [6.07, 6.45) is 0.914. The highest BCUT2D eigenvalue weighted by molar-refractivity contribution is 7.15. The Morgan fingerprint density at radius 2 is 2.25 bits per heavy atom. The van der Waals surface area contributed by atoms with Crippen molar-refractivity contribution in [3.8, 4) is 10.8 Å². The molecule has 0 saturated heterocycles. The van der Waals surface area contributed by atoms with E-state index in [2.05, 4.69) is 10.3 Å². The third-order valence-electron chi connectivity index (χ3n) is 3.22. The minimum absolute atomic E-state index is 0.289. The summed E-state index contributed by atoms with van der Waals surface area (Å²) in [5, 5.41) is 13.1. The van der Waals surface area contributed by atoms with Crippen LogP contribution in [0.1, 0.15) is 36.1 Å². The molecule has 0 bridgehead atoms. The molecule has 1 atom stereocenters. The molecule has 2 rings (SSSR count). The second kappa shape index (κ2) is 5.38. The van der Waals surface area contributed by atoms with E-state index in [1.165, 1.54) is 11.3 Å². The molecule has 2 N–H and O–H groups in total. The average molecular weight is 294 g/mol. The van der Waals surface area contributed by atoms with Gasteiger partial charge in [-0.25, -0.2) is 4.98 Å². The fraction of sp³-hybridized carbons (Fsp3) is 0.429. The van der Waals surface area contributed by atoms with Gasteiger partial charge in [0.1, 0.15) is 5.69 Å². The number of aromatic nitrogens is 1. The summed E-state index contributed by atoms with van der Waals surface area (Å²) in [5.74, 6) is 0.356. The molecule has 0 radical (unpaired) electrons. The number of carbonyl (C=O) groups excluding carboxylic acids is 1. The van der Waals surface area contributed by atoms with Crippen LogP contribution in [0.3, 0.4) is 0 Å². The van der Waals surface area contributed by atoms with E-state index in [0.717, 1.165) is 4.88 Å². The molecule has 0 saturated carbocycles. The van der Waals surface area contributed by atoms with Crippen LogP contribution in [0.4, 0.5) is 0 Å². The molecule has 1 unspecified atom stereocenters. The SMILES string of the molecule is Cc1sc(-c2ccco2)nc1C(=O)NC(C)(C)C(C)O. The summed E-state index contributed by atoms with van der Waals surface area (Å²) >= 11 is 1.41. The van der Waals surface area contributed by atoms with Crippen LogP contribution >= 0.6 is 11.3 Å². The largest absolute Gasteiger partial charge is 0.462 e. The van der Waals surface area contributed by atoms with Crippen LogP contribution in [0.5, 0.6) is 0 Å². The van der Waals surface area contributed by atoms with Gasteiger partial charge in [-0.1, -0.05) is 0 Å². The summed E-state index contributed by atoms with van der Waals surface area (Å²) in [6.45, 7) is 7.02. The summed E-state index contributed by atoms with van der Waals surface area (Å²) in [5.41, 5.74) is -0.340. The van der Waals surface area contributed by atoms with Crippen LogP contribution in [-0.2, 0) is 0 Å². The van der Waals surface area contributed by atoms with Crippen molar-refractivity contribution in [3.05, 3.63) is 29.0 Å². The third-order valence-corrected chi connectivity index (χ3v) is 4.21. The Bertz CT molecular complexity index is 600. The number of amides is 1. The van der Waals surface area contributed by atoms with Gasteiger partial charge in [-0.05, 0) is 39.8 Å². The lowest BCUT2D eigenvalue weighted by molar-refractivity contribution is 0.0705. The monoisotopic (exact) mass is 294 g/mol. The van der Waals surface area contributed by atoms with E-state index in [4.69, 9.17) is 4.42 Å². The Kier molecular flexibility index (Phi) is 3.96. The first-order valence-corrected chi connectivity index (χ1v) is 7.15. The van der Waals surface area contributed by atoms with Crippen LogP contribution in [0.15, 0.2) is 22.8 Å². The number of carbonyl (C=O) groups is 1. The zero-order valence-corrected chi connectivity index (χ0v) is 12.7. The van der Waals surface area contributed by atoms with Crippen molar-refractivity contribution in [1.82, 2.24) is 10.3 Å². The number of thiazole rings is 1. The number of furan rings is 1. The molecular formula is C14H18N2O3S. The number of hydrogen-bond acceptors (Lipinski definition) is 5. The van der Waals surface area contributed by atoms with Gasteiger partial charge in [0, 0.05) is 4.88 Å². The van der Waals surface area contributed by atoms with Crippen molar-refractivity contribution >= 4 is 17.2 Å². The zero-order valence-electron chi connectivity index (χ0n) is 11.9. The molecule has 2 aromatic heterocycles. The maximum atomic E-state index is 12.3. The van der Waals surface area contributed by atoms with E-state index >= 15 is 0 Å². The molecule has 0 aromatic carbocycles. The summed E-state index contributed by atoms with van der Waals surface area (Å²) in [4.78, 5) is 17.4. The van der Waals surface area contributed by atoms with Crippen molar-refractivity contribution in [2.75, 3.05) is 0 Å². The van der Waals surface area contributed by atoms with E-state index in [1.54, 1.807) is 39.2 Å². The first-order valence-electron chi connectivity index (χ1n) is 6.33. The molecular weight excluding hydrogens is 276 g/mol. The molecule has 0 aliphatic rings. The quantitative estimate of drug-likeness (QED) is 0.909. The highest BCUT2D eigenvalue weighted by Crippen LogP contribution is 2.28. The van der Waals surface area contributed by atoms with Crippen LogP contribution in [0, 0.1) is 6.92 Å². The standard InChI is InChI=1S/C14H18N2O3S/c1-8-11(12(18)16-14(3,4)9(2)17)15-13(20-8)10-6-5-7-19-10/h5-7,9,17H,1-4H3,(H,16,18). The lowest BCUT2D eigenvalue weighted by atomic mass is 9.98. The second-order valence-corrected chi connectivity index (χ2v) is 6.46. The Balaban J connectivity index is 2.23. The first-order chi connectivity index (χ1) is 9.31. The lowest BCUT2D eigenvalue weighted by Crippen LogP contribution is -2.51. The molecule has 108 valence electrons. The topological polar surface area (TPSA) is 75.4 Å². The van der Waals surface area contributed by atoms with E-state index in [0.29, 0.717) is 16.5 Å². The molecule has 2 aromatic rings. The predicted molar refractivity (Wildman–Crippen MR) is 77.8 cm³/mol. The van der Waals surface area contributed by atoms with Gasteiger partial charge in [-0.3, -0.25) is 4.79 Å².